The van der Waals surface area contributed by atoms with Gasteiger partial charge in [-0.1, -0.05) is 0 Å². The second kappa shape index (κ2) is 5.23. The van der Waals surface area contributed by atoms with Crippen molar-refractivity contribution in [3.8, 4) is 0 Å². The fraction of sp³-hybridized carbons (Fsp3) is 0.0833. The molecule has 1 heterocycles. The molecule has 0 aliphatic carbocycles. The summed E-state index contributed by atoms with van der Waals surface area (Å²) in [6.07, 6.45) is 3.25. The SMILES string of the molecule is Fc1ccc(F)c(CNc2ccncc2Br)c1. The number of benzene rings is 1. The van der Waals surface area contributed by atoms with Crippen LogP contribution >= 0.6 is 15.9 Å². The largest absolute Gasteiger partial charge is 0.380 e. The van der Waals surface area contributed by atoms with Gasteiger partial charge in [0.25, 0.3) is 0 Å². The van der Waals surface area contributed by atoms with Gasteiger partial charge in [0.05, 0.1) is 10.2 Å². The smallest absolute Gasteiger partial charge is 0.128 e. The van der Waals surface area contributed by atoms with Crippen molar-refractivity contribution in [1.82, 2.24) is 4.98 Å². The molecule has 0 bridgehead atoms. The minimum atomic E-state index is -0.447. The lowest BCUT2D eigenvalue weighted by Gasteiger charge is -2.08. The third-order valence-electron chi connectivity index (χ3n) is 2.25. The summed E-state index contributed by atoms with van der Waals surface area (Å²) in [5.74, 6) is -0.874. The molecule has 2 aromatic rings. The minimum absolute atomic E-state index is 0.214. The zero-order chi connectivity index (χ0) is 12.3. The average Bonchev–Trinajstić information content (AvgIpc) is 2.32. The number of pyridine rings is 1. The molecule has 0 fully saturated rings. The van der Waals surface area contributed by atoms with E-state index in [1.54, 1.807) is 18.5 Å². The molecular formula is C12H9BrF2N2. The lowest BCUT2D eigenvalue weighted by atomic mass is 10.2. The number of aromatic nitrogens is 1. The fourth-order valence-electron chi connectivity index (χ4n) is 1.39. The first-order valence-electron chi connectivity index (χ1n) is 4.94. The second-order valence-electron chi connectivity index (χ2n) is 3.44. The highest BCUT2D eigenvalue weighted by Crippen LogP contribution is 2.21. The molecule has 0 aliphatic rings. The highest BCUT2D eigenvalue weighted by Gasteiger charge is 2.04. The van der Waals surface area contributed by atoms with Gasteiger partial charge in [0.15, 0.2) is 0 Å². The molecule has 0 saturated heterocycles. The predicted molar refractivity (Wildman–Crippen MR) is 65.6 cm³/mol. The topological polar surface area (TPSA) is 24.9 Å². The van der Waals surface area contributed by atoms with Gasteiger partial charge in [-0.3, -0.25) is 4.98 Å². The van der Waals surface area contributed by atoms with Crippen LogP contribution in [0.2, 0.25) is 0 Å². The summed E-state index contributed by atoms with van der Waals surface area (Å²) in [4.78, 5) is 3.91. The molecule has 0 spiro atoms. The van der Waals surface area contributed by atoms with E-state index in [9.17, 15) is 8.78 Å². The number of nitrogens with zero attached hydrogens (tertiary/aromatic N) is 1. The highest BCUT2D eigenvalue weighted by atomic mass is 79.9. The van der Waals surface area contributed by atoms with Crippen molar-refractivity contribution in [3.63, 3.8) is 0 Å². The molecule has 0 aliphatic heterocycles. The lowest BCUT2D eigenvalue weighted by Crippen LogP contribution is -2.03. The minimum Gasteiger partial charge on any atom is -0.380 e. The molecule has 0 radical (unpaired) electrons. The van der Waals surface area contributed by atoms with E-state index >= 15 is 0 Å². The van der Waals surface area contributed by atoms with Crippen molar-refractivity contribution in [2.75, 3.05) is 5.32 Å². The Bertz CT molecular complexity index is 532. The molecule has 1 aromatic heterocycles. The van der Waals surface area contributed by atoms with Gasteiger partial charge in [0, 0.05) is 24.5 Å². The van der Waals surface area contributed by atoms with Gasteiger partial charge < -0.3 is 5.32 Å². The number of hydrogen-bond acceptors (Lipinski definition) is 2. The van der Waals surface area contributed by atoms with Crippen LogP contribution in [0.5, 0.6) is 0 Å². The third-order valence-corrected chi connectivity index (χ3v) is 2.88. The molecule has 2 rings (SSSR count). The van der Waals surface area contributed by atoms with Crippen LogP contribution < -0.4 is 5.32 Å². The molecule has 1 N–H and O–H groups in total. The summed E-state index contributed by atoms with van der Waals surface area (Å²) in [5.41, 5.74) is 1.07. The van der Waals surface area contributed by atoms with Crippen LogP contribution in [0.1, 0.15) is 5.56 Å². The number of rotatable bonds is 3. The average molecular weight is 299 g/mol. The van der Waals surface area contributed by atoms with Gasteiger partial charge in [-0.25, -0.2) is 8.78 Å². The Kier molecular flexibility index (Phi) is 3.68. The van der Waals surface area contributed by atoms with Crippen LogP contribution in [0.25, 0.3) is 0 Å². The monoisotopic (exact) mass is 298 g/mol. The number of nitrogens with one attached hydrogen (secondary N) is 1. The Hall–Kier alpha value is -1.49. The molecule has 0 atom stereocenters. The highest BCUT2D eigenvalue weighted by molar-refractivity contribution is 9.10. The molecule has 0 saturated carbocycles. The Morgan fingerprint density at radius 1 is 1.24 bits per heavy atom. The summed E-state index contributed by atoms with van der Waals surface area (Å²) in [6, 6.07) is 5.15. The molecule has 17 heavy (non-hydrogen) atoms. The Labute approximate surface area is 106 Å². The van der Waals surface area contributed by atoms with E-state index in [-0.39, 0.29) is 12.1 Å². The Morgan fingerprint density at radius 2 is 2.06 bits per heavy atom. The predicted octanol–water partition coefficient (Wildman–Crippen LogP) is 3.73. The number of anilines is 1. The van der Waals surface area contributed by atoms with E-state index in [2.05, 4.69) is 26.2 Å². The van der Waals surface area contributed by atoms with Gasteiger partial charge >= 0.3 is 0 Å². The maximum atomic E-state index is 13.3. The summed E-state index contributed by atoms with van der Waals surface area (Å²) in [7, 11) is 0. The molecule has 0 unspecified atom stereocenters. The van der Waals surface area contributed by atoms with Crippen molar-refractivity contribution in [2.24, 2.45) is 0 Å². The van der Waals surface area contributed by atoms with E-state index in [4.69, 9.17) is 0 Å². The van der Waals surface area contributed by atoms with Gasteiger partial charge in [0.1, 0.15) is 11.6 Å². The zero-order valence-electron chi connectivity index (χ0n) is 8.75. The first-order valence-corrected chi connectivity index (χ1v) is 5.73. The molecule has 5 heteroatoms. The van der Waals surface area contributed by atoms with Gasteiger partial charge in [-0.15, -0.1) is 0 Å². The van der Waals surface area contributed by atoms with Crippen LogP contribution in [0, 0.1) is 11.6 Å². The standard InChI is InChI=1S/C12H9BrF2N2/c13-10-7-16-4-3-12(10)17-6-8-5-9(14)1-2-11(8)15/h1-5,7H,6H2,(H,16,17). The number of halogens is 3. The Morgan fingerprint density at radius 3 is 2.82 bits per heavy atom. The zero-order valence-corrected chi connectivity index (χ0v) is 10.3. The first kappa shape index (κ1) is 12.0. The van der Waals surface area contributed by atoms with E-state index in [1.807, 2.05) is 0 Å². The van der Waals surface area contributed by atoms with Gasteiger partial charge in [0.2, 0.25) is 0 Å². The normalized spacial score (nSPS) is 10.3. The van der Waals surface area contributed by atoms with Crippen LogP contribution in [0.3, 0.4) is 0 Å². The second-order valence-corrected chi connectivity index (χ2v) is 4.30. The third kappa shape index (κ3) is 3.00. The van der Waals surface area contributed by atoms with Gasteiger partial charge in [-0.2, -0.15) is 0 Å². The van der Waals surface area contributed by atoms with Crippen LogP contribution in [0.4, 0.5) is 14.5 Å². The lowest BCUT2D eigenvalue weighted by molar-refractivity contribution is 0.587. The van der Waals surface area contributed by atoms with E-state index in [0.717, 1.165) is 22.3 Å². The molecule has 1 aromatic carbocycles. The Balaban J connectivity index is 2.12. The van der Waals surface area contributed by atoms with Crippen LogP contribution in [0.15, 0.2) is 41.1 Å². The molecule has 2 nitrogen and oxygen atoms in total. The van der Waals surface area contributed by atoms with Crippen molar-refractivity contribution in [1.29, 1.82) is 0 Å². The van der Waals surface area contributed by atoms with Crippen molar-refractivity contribution in [2.45, 2.75) is 6.54 Å². The number of hydrogen-bond donors (Lipinski definition) is 1. The summed E-state index contributed by atoms with van der Waals surface area (Å²) in [6.45, 7) is 0.214. The van der Waals surface area contributed by atoms with Crippen LogP contribution in [-0.4, -0.2) is 4.98 Å². The van der Waals surface area contributed by atoms with Gasteiger partial charge in [-0.05, 0) is 40.2 Å². The summed E-state index contributed by atoms with van der Waals surface area (Å²) in [5, 5.41) is 3.00. The summed E-state index contributed by atoms with van der Waals surface area (Å²) >= 11 is 3.31. The van der Waals surface area contributed by atoms with E-state index < -0.39 is 11.6 Å². The van der Waals surface area contributed by atoms with Crippen molar-refractivity contribution in [3.05, 3.63) is 58.3 Å². The van der Waals surface area contributed by atoms with E-state index in [0.29, 0.717) is 0 Å². The van der Waals surface area contributed by atoms with Crippen LogP contribution in [-0.2, 0) is 6.54 Å². The first-order chi connectivity index (χ1) is 8.16. The van der Waals surface area contributed by atoms with Crippen molar-refractivity contribution >= 4 is 21.6 Å². The molecule has 0 amide bonds. The van der Waals surface area contributed by atoms with E-state index in [1.165, 1.54) is 6.07 Å². The quantitative estimate of drug-likeness (QED) is 0.934. The molecular weight excluding hydrogens is 290 g/mol. The molecule has 88 valence electrons. The fourth-order valence-corrected chi connectivity index (χ4v) is 1.78. The maximum Gasteiger partial charge on any atom is 0.128 e. The maximum absolute atomic E-state index is 13.3. The summed E-state index contributed by atoms with van der Waals surface area (Å²) < 4.78 is 27.1. The van der Waals surface area contributed by atoms with Crippen molar-refractivity contribution < 1.29 is 8.78 Å².